The topological polar surface area (TPSA) is 307 Å². The van der Waals surface area contributed by atoms with Gasteiger partial charge in [-0.15, -0.1) is 0 Å². The van der Waals surface area contributed by atoms with Crippen LogP contribution in [0.2, 0.25) is 0 Å². The molecule has 3 saturated heterocycles. The van der Waals surface area contributed by atoms with E-state index < -0.39 is 124 Å². The Morgan fingerprint density at radius 3 is 0.979 bits per heavy atom. The lowest BCUT2D eigenvalue weighted by molar-refractivity contribution is -0.379. The number of hydrogen-bond acceptors (Lipinski definition) is 18. The lowest BCUT2D eigenvalue weighted by Gasteiger charge is -2.48. The van der Waals surface area contributed by atoms with Crippen molar-refractivity contribution >= 4 is 5.91 Å². The average molecular weight is 1380 g/mol. The molecule has 0 aromatic rings. The number of amides is 1. The molecule has 17 atom stereocenters. The number of unbranched alkanes of at least 4 members (excludes halogenated alkanes) is 48. The van der Waals surface area contributed by atoms with E-state index in [1.807, 2.05) is 6.08 Å². The van der Waals surface area contributed by atoms with Crippen molar-refractivity contribution in [2.75, 3.05) is 26.4 Å². The minimum absolute atomic E-state index is 0.250. The maximum absolute atomic E-state index is 13.4. The third-order valence-corrected chi connectivity index (χ3v) is 20.3. The second-order valence-electron chi connectivity index (χ2n) is 28.9. The highest BCUT2D eigenvalue weighted by Gasteiger charge is 2.54. The summed E-state index contributed by atoms with van der Waals surface area (Å²) >= 11 is 0. The third kappa shape index (κ3) is 39.3. The van der Waals surface area contributed by atoms with Gasteiger partial charge in [0.15, 0.2) is 18.9 Å². The van der Waals surface area contributed by atoms with Crippen molar-refractivity contribution in [1.82, 2.24) is 5.32 Å². The molecule has 1 amide bonds. The molecule has 3 aliphatic heterocycles. The first kappa shape index (κ1) is 88.7. The fraction of sp³-hybridized carbons (Fsp3) is 0.961. The molecule has 96 heavy (non-hydrogen) atoms. The first-order chi connectivity index (χ1) is 46.8. The zero-order valence-electron chi connectivity index (χ0n) is 60.6. The van der Waals surface area contributed by atoms with Crippen LogP contribution in [-0.4, -0.2) is 193 Å². The molecule has 0 aromatic heterocycles. The summed E-state index contributed by atoms with van der Waals surface area (Å²) in [5.41, 5.74) is 0. The van der Waals surface area contributed by atoms with Crippen molar-refractivity contribution in [3.63, 3.8) is 0 Å². The van der Waals surface area contributed by atoms with Crippen LogP contribution in [0.15, 0.2) is 12.2 Å². The molecule has 0 radical (unpaired) electrons. The molecule has 0 aromatic carbocycles. The molecule has 0 saturated carbocycles. The summed E-state index contributed by atoms with van der Waals surface area (Å²) in [6.07, 6.45) is 42.4. The Morgan fingerprint density at radius 1 is 0.365 bits per heavy atom. The fourth-order valence-electron chi connectivity index (χ4n) is 13.9. The van der Waals surface area contributed by atoms with Gasteiger partial charge in [0.2, 0.25) is 5.91 Å². The molecule has 3 heterocycles. The van der Waals surface area contributed by atoms with Crippen LogP contribution >= 0.6 is 0 Å². The molecule has 19 nitrogen and oxygen atoms in total. The van der Waals surface area contributed by atoms with Gasteiger partial charge in [-0.25, -0.2) is 0 Å². The van der Waals surface area contributed by atoms with E-state index in [9.17, 15) is 61.0 Å². The number of carbonyl (C=O) groups is 1. The number of hydrogen-bond donors (Lipinski definition) is 12. The summed E-state index contributed by atoms with van der Waals surface area (Å²) in [5.74, 6) is -0.268. The summed E-state index contributed by atoms with van der Waals surface area (Å²) in [6.45, 7) is 1.77. The molecule has 3 fully saturated rings. The quantitative estimate of drug-likeness (QED) is 0.0199. The van der Waals surface area contributed by atoms with Gasteiger partial charge in [0.25, 0.3) is 0 Å². The Bertz CT molecular complexity index is 1790. The second kappa shape index (κ2) is 59.0. The van der Waals surface area contributed by atoms with Crippen LogP contribution in [0.1, 0.15) is 341 Å². The monoisotopic (exact) mass is 1370 g/mol. The van der Waals surface area contributed by atoms with Gasteiger partial charge in [-0.2, -0.15) is 0 Å². The van der Waals surface area contributed by atoms with Crippen LogP contribution in [0.3, 0.4) is 0 Å². The van der Waals surface area contributed by atoms with E-state index in [0.29, 0.717) is 6.42 Å². The first-order valence-electron chi connectivity index (χ1n) is 39.9. The number of allylic oxidation sites excluding steroid dienone is 1. The molecule has 0 aliphatic carbocycles. The van der Waals surface area contributed by atoms with Crippen molar-refractivity contribution in [3.05, 3.63) is 12.2 Å². The van der Waals surface area contributed by atoms with E-state index in [1.165, 1.54) is 270 Å². The van der Waals surface area contributed by atoms with Crippen molar-refractivity contribution in [1.29, 1.82) is 0 Å². The molecule has 19 heteroatoms. The number of rotatable bonds is 64. The highest BCUT2D eigenvalue weighted by atomic mass is 16.8. The molecular weight excluding hydrogens is 1230 g/mol. The maximum atomic E-state index is 13.4. The Kier molecular flexibility index (Phi) is 54.5. The molecule has 17 unspecified atom stereocenters. The summed E-state index contributed by atoms with van der Waals surface area (Å²) in [5, 5.41) is 121. The largest absolute Gasteiger partial charge is 0.394 e. The van der Waals surface area contributed by atoms with Crippen LogP contribution in [0.5, 0.6) is 0 Å². The van der Waals surface area contributed by atoms with Gasteiger partial charge in [-0.1, -0.05) is 328 Å². The zero-order chi connectivity index (χ0) is 69.6. The van der Waals surface area contributed by atoms with Crippen LogP contribution < -0.4 is 5.32 Å². The lowest BCUT2D eigenvalue weighted by atomic mass is 9.96. The van der Waals surface area contributed by atoms with Gasteiger partial charge in [0, 0.05) is 6.42 Å². The number of aliphatic hydroxyl groups excluding tert-OH is 11. The van der Waals surface area contributed by atoms with Crippen LogP contribution in [-0.2, 0) is 33.2 Å². The van der Waals surface area contributed by atoms with E-state index in [4.69, 9.17) is 28.4 Å². The smallest absolute Gasteiger partial charge is 0.220 e. The second-order valence-corrected chi connectivity index (χ2v) is 28.9. The van der Waals surface area contributed by atoms with Gasteiger partial charge < -0.3 is 89.9 Å². The highest BCUT2D eigenvalue weighted by molar-refractivity contribution is 5.76. The van der Waals surface area contributed by atoms with Crippen molar-refractivity contribution < 1.29 is 89.4 Å². The molecule has 12 N–H and O–H groups in total. The Morgan fingerprint density at radius 2 is 0.646 bits per heavy atom. The number of nitrogens with one attached hydrogen (secondary N) is 1. The summed E-state index contributed by atoms with van der Waals surface area (Å²) in [6, 6.07) is -0.969. The van der Waals surface area contributed by atoms with Gasteiger partial charge >= 0.3 is 0 Å². The van der Waals surface area contributed by atoms with E-state index >= 15 is 0 Å². The van der Waals surface area contributed by atoms with Crippen LogP contribution in [0.4, 0.5) is 0 Å². The number of aliphatic hydroxyl groups is 11. The van der Waals surface area contributed by atoms with Gasteiger partial charge in [-0.3, -0.25) is 4.79 Å². The van der Waals surface area contributed by atoms with Gasteiger partial charge in [-0.05, 0) is 19.3 Å². The van der Waals surface area contributed by atoms with E-state index in [-0.39, 0.29) is 18.9 Å². The van der Waals surface area contributed by atoms with Crippen molar-refractivity contribution in [3.8, 4) is 0 Å². The van der Waals surface area contributed by atoms with E-state index in [2.05, 4.69) is 19.2 Å². The van der Waals surface area contributed by atoms with Crippen LogP contribution in [0, 0.1) is 0 Å². The van der Waals surface area contributed by atoms with Crippen LogP contribution in [0.25, 0.3) is 0 Å². The standard InChI is InChI=1S/C77H147NO18/c1-3-5-7-9-11-13-15-17-19-20-21-22-23-24-25-26-27-28-29-30-31-32-33-34-35-36-37-38-39-40-41-43-45-47-49-51-53-55-65(83)78-60(61(82)54-52-50-48-46-44-42-18-16-14-12-10-8-6-4-2)59-91-75-71(89)68(86)73(63(57-80)93-75)96-77-72(90)69(87)74(64(58-81)94-77)95-76-70(88)67(85)66(84)62(56-79)92-76/h52,54,60-64,66-77,79-82,84-90H,3-51,53,55-59H2,1-2H3,(H,78,83)/b54-52+. The molecule has 3 rings (SSSR count). The predicted octanol–water partition coefficient (Wildman–Crippen LogP) is 12.8. The first-order valence-corrected chi connectivity index (χ1v) is 39.9. The van der Waals surface area contributed by atoms with Crippen molar-refractivity contribution in [2.45, 2.75) is 446 Å². The van der Waals surface area contributed by atoms with Gasteiger partial charge in [0.05, 0.1) is 38.6 Å². The molecular formula is C77H147NO18. The predicted molar refractivity (Wildman–Crippen MR) is 379 cm³/mol. The maximum Gasteiger partial charge on any atom is 0.220 e. The normalized spacial score (nSPS) is 27.0. The van der Waals surface area contributed by atoms with Gasteiger partial charge in [0.1, 0.15) is 73.2 Å². The summed E-state index contributed by atoms with van der Waals surface area (Å²) in [4.78, 5) is 13.4. The minimum atomic E-state index is -1.98. The minimum Gasteiger partial charge on any atom is -0.394 e. The van der Waals surface area contributed by atoms with Crippen molar-refractivity contribution in [2.24, 2.45) is 0 Å². The highest BCUT2D eigenvalue weighted by Crippen LogP contribution is 2.33. The number of carbonyl (C=O) groups excluding carboxylic acids is 1. The summed E-state index contributed by atoms with van der Waals surface area (Å²) in [7, 11) is 0. The number of ether oxygens (including phenoxy) is 6. The Balaban J connectivity index is 1.29. The summed E-state index contributed by atoms with van der Waals surface area (Å²) < 4.78 is 34.4. The van der Waals surface area contributed by atoms with E-state index in [0.717, 1.165) is 44.9 Å². The fourth-order valence-corrected chi connectivity index (χ4v) is 13.9. The third-order valence-electron chi connectivity index (χ3n) is 20.3. The molecule has 0 spiro atoms. The lowest BCUT2D eigenvalue weighted by Crippen LogP contribution is -2.66. The average Bonchev–Trinajstić information content (AvgIpc) is 0.787. The Labute approximate surface area is 582 Å². The molecule has 0 bridgehead atoms. The molecule has 568 valence electrons. The zero-order valence-corrected chi connectivity index (χ0v) is 60.6. The Hall–Kier alpha value is -1.47. The van der Waals surface area contributed by atoms with E-state index in [1.54, 1.807) is 6.08 Å². The SMILES string of the molecule is CCCCCCCCCCCCCC/C=C/C(O)C(COC1OC(CO)C(OC2OC(CO)C(OC3OC(CO)C(O)C(O)C3O)C(O)C2O)C(O)C1O)NC(=O)CCCCCCCCCCCCCCCCCCCCCCCCCCCCCCCCCCCCCCC. The molecule has 3 aliphatic rings.